The number of benzene rings is 2. The quantitative estimate of drug-likeness (QED) is 0.477. The summed E-state index contributed by atoms with van der Waals surface area (Å²) in [4.78, 5) is 14.1. The molecule has 3 atom stereocenters. The zero-order chi connectivity index (χ0) is 27.6. The average Bonchev–Trinajstić information content (AvgIpc) is 3.21. The Balaban J connectivity index is 0.000000468. The van der Waals surface area contributed by atoms with Gasteiger partial charge in [-0.1, -0.05) is 18.2 Å². The summed E-state index contributed by atoms with van der Waals surface area (Å²) in [6.45, 7) is 3.58. The maximum absolute atomic E-state index is 13.0. The second-order valence-electron chi connectivity index (χ2n) is 10.0. The summed E-state index contributed by atoms with van der Waals surface area (Å²) in [5.74, 6) is -0.232. The Labute approximate surface area is 210 Å². The van der Waals surface area contributed by atoms with E-state index < -0.39 is 41.7 Å². The zero-order valence-electron chi connectivity index (χ0n) is 20.4. The molecular weight excluding hydrogens is 505 g/mol. The largest absolute Gasteiger partial charge is 0.416 e. The van der Waals surface area contributed by atoms with Gasteiger partial charge in [0.15, 0.2) is 0 Å². The Kier molecular flexibility index (Phi) is 8.58. The topological polar surface area (TPSA) is 55.6 Å². The van der Waals surface area contributed by atoms with E-state index in [9.17, 15) is 35.5 Å². The number of nitrogens with zero attached hydrogens (tertiary/aromatic N) is 1. The van der Waals surface area contributed by atoms with Crippen molar-refractivity contribution in [3.05, 3.63) is 71.0 Å². The van der Waals surface area contributed by atoms with Crippen LogP contribution in [-0.2, 0) is 28.5 Å². The highest BCUT2D eigenvalue weighted by molar-refractivity contribution is 5.78. The lowest BCUT2D eigenvalue weighted by atomic mass is 9.78. The predicted octanol–water partition coefficient (Wildman–Crippen LogP) is 6.18. The van der Waals surface area contributed by atoms with Crippen molar-refractivity contribution in [2.75, 3.05) is 6.54 Å². The van der Waals surface area contributed by atoms with Crippen molar-refractivity contribution < 1.29 is 40.3 Å². The molecule has 2 aliphatic heterocycles. The number of amides is 1. The molecule has 2 aromatic carbocycles. The van der Waals surface area contributed by atoms with Crippen molar-refractivity contribution in [2.45, 2.75) is 69.8 Å². The third-order valence-corrected chi connectivity index (χ3v) is 6.59. The van der Waals surface area contributed by atoms with Gasteiger partial charge in [0, 0.05) is 24.5 Å². The summed E-state index contributed by atoms with van der Waals surface area (Å²) >= 11 is 0. The number of halogens is 7. The van der Waals surface area contributed by atoms with E-state index in [-0.39, 0.29) is 41.9 Å². The van der Waals surface area contributed by atoms with Crippen molar-refractivity contribution in [3.8, 4) is 0 Å². The van der Waals surface area contributed by atoms with Crippen LogP contribution in [0.25, 0.3) is 0 Å². The standard InChI is InChI=1S/C20H24F6N2O2.C6H5F/c1-18(2,27)12-6-15-8-16(9-28(15)17(29)7-12)30-10-11-3-13(19(21,22)23)5-14(4-11)20(24,25)26;7-6-4-2-1-3-5-6/h3-5,12,15-16H,6-10,27H2,1-2H3;1-5H. The Morgan fingerprint density at radius 2 is 1.51 bits per heavy atom. The van der Waals surface area contributed by atoms with Gasteiger partial charge in [0.05, 0.1) is 23.8 Å². The number of hydrogen-bond donors (Lipinski definition) is 1. The lowest BCUT2D eigenvalue weighted by Gasteiger charge is -2.40. The molecule has 204 valence electrons. The first-order valence-electron chi connectivity index (χ1n) is 11.7. The van der Waals surface area contributed by atoms with Gasteiger partial charge < -0.3 is 15.4 Å². The second kappa shape index (κ2) is 11.0. The lowest BCUT2D eigenvalue weighted by molar-refractivity contribution is -0.143. The third kappa shape index (κ3) is 7.91. The zero-order valence-corrected chi connectivity index (χ0v) is 20.4. The lowest BCUT2D eigenvalue weighted by Crippen LogP contribution is -2.51. The van der Waals surface area contributed by atoms with Crippen LogP contribution in [0.15, 0.2) is 48.5 Å². The minimum Gasteiger partial charge on any atom is -0.372 e. The molecule has 3 unspecified atom stereocenters. The van der Waals surface area contributed by atoms with Gasteiger partial charge in [0.1, 0.15) is 5.82 Å². The summed E-state index contributed by atoms with van der Waals surface area (Å²) in [6, 6.07) is 9.27. The monoisotopic (exact) mass is 534 g/mol. The van der Waals surface area contributed by atoms with E-state index in [2.05, 4.69) is 0 Å². The third-order valence-electron chi connectivity index (χ3n) is 6.59. The number of alkyl halides is 6. The average molecular weight is 535 g/mol. The highest BCUT2D eigenvalue weighted by Crippen LogP contribution is 2.38. The van der Waals surface area contributed by atoms with Crippen molar-refractivity contribution in [1.29, 1.82) is 0 Å². The first-order valence-corrected chi connectivity index (χ1v) is 11.7. The van der Waals surface area contributed by atoms with Crippen LogP contribution < -0.4 is 5.73 Å². The molecule has 0 spiro atoms. The molecule has 2 aromatic rings. The summed E-state index contributed by atoms with van der Waals surface area (Å²) in [5.41, 5.74) is 2.66. The van der Waals surface area contributed by atoms with Gasteiger partial charge in [-0.15, -0.1) is 0 Å². The number of piperidine rings is 1. The van der Waals surface area contributed by atoms with Gasteiger partial charge in [0.2, 0.25) is 5.91 Å². The van der Waals surface area contributed by atoms with Crippen LogP contribution in [0.4, 0.5) is 30.7 Å². The predicted molar refractivity (Wildman–Crippen MR) is 123 cm³/mol. The Bertz CT molecular complexity index is 1030. The van der Waals surface area contributed by atoms with Crippen molar-refractivity contribution in [1.82, 2.24) is 4.90 Å². The molecule has 2 aliphatic rings. The van der Waals surface area contributed by atoms with E-state index in [1.807, 2.05) is 13.8 Å². The van der Waals surface area contributed by atoms with Crippen molar-refractivity contribution in [3.63, 3.8) is 0 Å². The SMILES string of the molecule is CC(C)(N)C1CC(=O)N2CC(OCc3cc(C(F)(F)F)cc(C(F)(F)F)c3)CC2C1.Fc1ccccc1. The van der Waals surface area contributed by atoms with Crippen LogP contribution in [0.5, 0.6) is 0 Å². The second-order valence-corrected chi connectivity index (χ2v) is 10.0. The van der Waals surface area contributed by atoms with E-state index in [1.165, 1.54) is 12.1 Å². The maximum Gasteiger partial charge on any atom is 0.416 e. The van der Waals surface area contributed by atoms with Crippen molar-refractivity contribution in [2.24, 2.45) is 11.7 Å². The fourth-order valence-electron chi connectivity index (χ4n) is 4.56. The molecule has 4 rings (SSSR count). The van der Waals surface area contributed by atoms with Gasteiger partial charge in [-0.3, -0.25) is 4.79 Å². The molecule has 0 saturated carbocycles. The molecule has 1 amide bonds. The van der Waals surface area contributed by atoms with Crippen LogP contribution in [0.2, 0.25) is 0 Å². The Hall–Kier alpha value is -2.66. The first-order chi connectivity index (χ1) is 17.0. The molecule has 0 aromatic heterocycles. The van der Waals surface area contributed by atoms with Gasteiger partial charge in [-0.25, -0.2) is 4.39 Å². The Morgan fingerprint density at radius 3 is 1.97 bits per heavy atom. The smallest absolute Gasteiger partial charge is 0.372 e. The molecule has 2 saturated heterocycles. The summed E-state index contributed by atoms with van der Waals surface area (Å²) in [7, 11) is 0. The van der Waals surface area contributed by atoms with E-state index >= 15 is 0 Å². The number of rotatable bonds is 4. The number of nitrogens with two attached hydrogens (primary N) is 1. The van der Waals surface area contributed by atoms with E-state index in [4.69, 9.17) is 10.5 Å². The van der Waals surface area contributed by atoms with Crippen LogP contribution in [0.3, 0.4) is 0 Å². The fraction of sp³-hybridized carbons (Fsp3) is 0.500. The molecule has 0 bridgehead atoms. The number of carbonyl (C=O) groups is 1. The molecule has 2 fully saturated rings. The van der Waals surface area contributed by atoms with Gasteiger partial charge >= 0.3 is 12.4 Å². The van der Waals surface area contributed by atoms with Crippen LogP contribution in [0.1, 0.15) is 49.8 Å². The molecule has 11 heteroatoms. The van der Waals surface area contributed by atoms with Crippen molar-refractivity contribution >= 4 is 5.91 Å². The Morgan fingerprint density at radius 1 is 0.946 bits per heavy atom. The molecule has 0 radical (unpaired) electrons. The van der Waals surface area contributed by atoms with E-state index in [1.54, 1.807) is 23.1 Å². The number of hydrogen-bond acceptors (Lipinski definition) is 3. The summed E-state index contributed by atoms with van der Waals surface area (Å²) in [6.07, 6.45) is -8.78. The summed E-state index contributed by atoms with van der Waals surface area (Å²) in [5, 5.41) is 0. The van der Waals surface area contributed by atoms with Crippen LogP contribution in [-0.4, -0.2) is 35.0 Å². The maximum atomic E-state index is 13.0. The minimum absolute atomic E-state index is 0.00260. The summed E-state index contributed by atoms with van der Waals surface area (Å²) < 4.78 is 95.5. The highest BCUT2D eigenvalue weighted by atomic mass is 19.4. The van der Waals surface area contributed by atoms with Gasteiger partial charge in [-0.05, 0) is 68.5 Å². The van der Waals surface area contributed by atoms with Crippen LogP contribution >= 0.6 is 0 Å². The number of ether oxygens (including phenoxy) is 1. The molecule has 2 N–H and O–H groups in total. The molecule has 0 aliphatic carbocycles. The highest BCUT2D eigenvalue weighted by Gasteiger charge is 2.44. The number of carbonyl (C=O) groups excluding carboxylic acids is 1. The first kappa shape index (κ1) is 28.9. The normalized spacial score (nSPS) is 22.4. The van der Waals surface area contributed by atoms with E-state index in [0.717, 1.165) is 0 Å². The van der Waals surface area contributed by atoms with Gasteiger partial charge in [0.25, 0.3) is 0 Å². The molecule has 37 heavy (non-hydrogen) atoms. The molecule has 4 nitrogen and oxygen atoms in total. The molecular formula is C26H29F7N2O2. The fourth-order valence-corrected chi connectivity index (χ4v) is 4.56. The number of fused-ring (bicyclic) bond motifs is 1. The molecule has 2 heterocycles. The van der Waals surface area contributed by atoms with Gasteiger partial charge in [-0.2, -0.15) is 26.3 Å². The minimum atomic E-state index is -4.90. The van der Waals surface area contributed by atoms with E-state index in [0.29, 0.717) is 31.4 Å². The van der Waals surface area contributed by atoms with Crippen LogP contribution in [0, 0.1) is 11.7 Å².